The molecule has 110 valence electrons. The average molecular weight is 277 g/mol. The summed E-state index contributed by atoms with van der Waals surface area (Å²) in [6.45, 7) is 2.53. The first-order valence-electron chi connectivity index (χ1n) is 7.68. The number of nitrogens with zero attached hydrogens (tertiary/aromatic N) is 3. The Morgan fingerprint density at radius 2 is 2.00 bits per heavy atom. The highest BCUT2D eigenvalue weighted by Crippen LogP contribution is 2.29. The fraction of sp³-hybridized carbons (Fsp3) is 0.733. The number of aliphatic hydroxyl groups is 1. The molecule has 0 radical (unpaired) electrons. The molecular formula is C15H23N3O2. The Bertz CT molecular complexity index is 445. The van der Waals surface area contributed by atoms with E-state index < -0.39 is 0 Å². The molecule has 2 aliphatic rings. The van der Waals surface area contributed by atoms with E-state index in [4.69, 9.17) is 9.84 Å². The van der Waals surface area contributed by atoms with Gasteiger partial charge in [0.05, 0.1) is 19.3 Å². The van der Waals surface area contributed by atoms with Crippen molar-refractivity contribution in [3.8, 4) is 0 Å². The van der Waals surface area contributed by atoms with Crippen LogP contribution in [0.1, 0.15) is 36.9 Å². The molecule has 1 fully saturated rings. The zero-order valence-electron chi connectivity index (χ0n) is 11.9. The third kappa shape index (κ3) is 2.94. The predicted molar refractivity (Wildman–Crippen MR) is 76.9 cm³/mol. The van der Waals surface area contributed by atoms with Crippen LogP contribution in [0.3, 0.4) is 0 Å². The van der Waals surface area contributed by atoms with E-state index in [2.05, 4.69) is 14.9 Å². The zero-order valence-corrected chi connectivity index (χ0v) is 11.9. The molecule has 1 aliphatic carbocycles. The van der Waals surface area contributed by atoms with Crippen LogP contribution in [-0.2, 0) is 17.6 Å². The Morgan fingerprint density at radius 1 is 1.20 bits per heavy atom. The lowest BCUT2D eigenvalue weighted by atomic mass is 9.95. The maximum Gasteiger partial charge on any atom is 0.135 e. The van der Waals surface area contributed by atoms with Crippen LogP contribution >= 0.6 is 0 Å². The van der Waals surface area contributed by atoms with Gasteiger partial charge in [-0.2, -0.15) is 0 Å². The highest BCUT2D eigenvalue weighted by molar-refractivity contribution is 5.49. The van der Waals surface area contributed by atoms with Gasteiger partial charge < -0.3 is 14.7 Å². The van der Waals surface area contributed by atoms with E-state index in [0.717, 1.165) is 44.6 Å². The van der Waals surface area contributed by atoms with Crippen molar-refractivity contribution in [1.29, 1.82) is 0 Å². The number of hydrogen-bond acceptors (Lipinski definition) is 5. The molecule has 1 aliphatic heterocycles. The summed E-state index contributed by atoms with van der Waals surface area (Å²) >= 11 is 0. The van der Waals surface area contributed by atoms with Crippen molar-refractivity contribution in [2.24, 2.45) is 0 Å². The first-order valence-corrected chi connectivity index (χ1v) is 7.68. The molecule has 5 heteroatoms. The molecule has 1 N–H and O–H groups in total. The Hall–Kier alpha value is -1.20. The van der Waals surface area contributed by atoms with Crippen molar-refractivity contribution >= 4 is 5.82 Å². The number of ether oxygens (including phenoxy) is 1. The van der Waals surface area contributed by atoms with Crippen molar-refractivity contribution in [2.75, 3.05) is 31.2 Å². The van der Waals surface area contributed by atoms with Gasteiger partial charge in [0.15, 0.2) is 0 Å². The van der Waals surface area contributed by atoms with E-state index >= 15 is 0 Å². The molecule has 1 saturated heterocycles. The fourth-order valence-corrected chi connectivity index (χ4v) is 3.23. The maximum atomic E-state index is 8.81. The van der Waals surface area contributed by atoms with Gasteiger partial charge in [0.1, 0.15) is 12.1 Å². The molecule has 20 heavy (non-hydrogen) atoms. The fourth-order valence-electron chi connectivity index (χ4n) is 3.23. The molecule has 0 bridgehead atoms. The minimum Gasteiger partial charge on any atom is -0.394 e. The van der Waals surface area contributed by atoms with Crippen molar-refractivity contribution in [3.05, 3.63) is 17.6 Å². The van der Waals surface area contributed by atoms with Crippen LogP contribution in [0.15, 0.2) is 6.33 Å². The molecule has 1 aromatic rings. The molecule has 5 nitrogen and oxygen atoms in total. The monoisotopic (exact) mass is 277 g/mol. The topological polar surface area (TPSA) is 58.5 Å². The number of aliphatic hydroxyl groups excluding tert-OH is 1. The molecular weight excluding hydrogens is 254 g/mol. The molecule has 3 rings (SSSR count). The molecule has 2 heterocycles. The van der Waals surface area contributed by atoms with Crippen LogP contribution in [-0.4, -0.2) is 47.5 Å². The van der Waals surface area contributed by atoms with Crippen LogP contribution in [0, 0.1) is 0 Å². The van der Waals surface area contributed by atoms with Gasteiger partial charge in [0.25, 0.3) is 0 Å². The number of fused-ring (bicyclic) bond motifs is 1. The maximum absolute atomic E-state index is 8.81. The van der Waals surface area contributed by atoms with Crippen LogP contribution in [0.4, 0.5) is 5.82 Å². The quantitative estimate of drug-likeness (QED) is 0.900. The predicted octanol–water partition coefficient (Wildman–Crippen LogP) is 1.33. The van der Waals surface area contributed by atoms with Gasteiger partial charge >= 0.3 is 0 Å². The second kappa shape index (κ2) is 6.50. The third-order valence-electron chi connectivity index (χ3n) is 4.29. The van der Waals surface area contributed by atoms with E-state index in [9.17, 15) is 0 Å². The molecule has 0 aromatic carbocycles. The van der Waals surface area contributed by atoms with E-state index in [1.165, 1.54) is 24.1 Å². The van der Waals surface area contributed by atoms with Crippen molar-refractivity contribution < 1.29 is 9.84 Å². The van der Waals surface area contributed by atoms with E-state index in [1.807, 2.05) is 0 Å². The average Bonchev–Trinajstić information content (AvgIpc) is 2.53. The number of rotatable bonds is 4. The van der Waals surface area contributed by atoms with Crippen LogP contribution < -0.4 is 4.90 Å². The summed E-state index contributed by atoms with van der Waals surface area (Å²) in [5.74, 6) is 1.15. The van der Waals surface area contributed by atoms with Crippen molar-refractivity contribution in [1.82, 2.24) is 9.97 Å². The number of aromatic nitrogens is 2. The lowest BCUT2D eigenvalue weighted by molar-refractivity contribution is 0.0158. The van der Waals surface area contributed by atoms with E-state index in [1.54, 1.807) is 6.33 Å². The summed E-state index contributed by atoms with van der Waals surface area (Å²) in [4.78, 5) is 11.4. The third-order valence-corrected chi connectivity index (χ3v) is 4.29. The summed E-state index contributed by atoms with van der Waals surface area (Å²) in [6, 6.07) is 0. The SMILES string of the molecule is OCCOC1CCN(c2ncnc3c2CCCC3)CC1. The minimum atomic E-state index is 0.111. The summed E-state index contributed by atoms with van der Waals surface area (Å²) in [7, 11) is 0. The van der Waals surface area contributed by atoms with Gasteiger partial charge in [-0.3, -0.25) is 0 Å². The molecule has 1 aromatic heterocycles. The van der Waals surface area contributed by atoms with Gasteiger partial charge in [0, 0.05) is 24.3 Å². The van der Waals surface area contributed by atoms with Crippen LogP contribution in [0.2, 0.25) is 0 Å². The zero-order chi connectivity index (χ0) is 13.8. The Balaban J connectivity index is 1.66. The molecule has 0 saturated carbocycles. The largest absolute Gasteiger partial charge is 0.394 e. The van der Waals surface area contributed by atoms with Gasteiger partial charge in [-0.1, -0.05) is 0 Å². The second-order valence-corrected chi connectivity index (χ2v) is 5.61. The lowest BCUT2D eigenvalue weighted by Gasteiger charge is -2.34. The first-order chi connectivity index (χ1) is 9.88. The second-order valence-electron chi connectivity index (χ2n) is 5.61. The Labute approximate surface area is 120 Å². The highest BCUT2D eigenvalue weighted by Gasteiger charge is 2.24. The number of piperidine rings is 1. The first kappa shape index (κ1) is 13.8. The Kier molecular flexibility index (Phi) is 4.47. The van der Waals surface area contributed by atoms with Crippen molar-refractivity contribution in [2.45, 2.75) is 44.6 Å². The standard InChI is InChI=1S/C15H23N3O2/c19-9-10-20-12-5-7-18(8-6-12)15-13-3-1-2-4-14(13)16-11-17-15/h11-12,19H,1-10H2. The normalized spacial score (nSPS) is 19.9. The van der Waals surface area contributed by atoms with Gasteiger partial charge in [0.2, 0.25) is 0 Å². The summed E-state index contributed by atoms with van der Waals surface area (Å²) < 4.78 is 5.62. The van der Waals surface area contributed by atoms with E-state index in [0.29, 0.717) is 6.61 Å². The van der Waals surface area contributed by atoms with Gasteiger partial charge in [-0.05, 0) is 38.5 Å². The Morgan fingerprint density at radius 3 is 2.80 bits per heavy atom. The molecule has 0 amide bonds. The van der Waals surface area contributed by atoms with Gasteiger partial charge in [-0.15, -0.1) is 0 Å². The van der Waals surface area contributed by atoms with Crippen molar-refractivity contribution in [3.63, 3.8) is 0 Å². The molecule has 0 spiro atoms. The summed E-state index contributed by atoms with van der Waals surface area (Å²) in [5, 5.41) is 8.81. The number of aryl methyl sites for hydroxylation is 1. The minimum absolute atomic E-state index is 0.111. The number of hydrogen-bond donors (Lipinski definition) is 1. The summed E-state index contributed by atoms with van der Waals surface area (Å²) in [5.41, 5.74) is 2.62. The smallest absolute Gasteiger partial charge is 0.135 e. The molecule has 0 atom stereocenters. The molecule has 0 unspecified atom stereocenters. The highest BCUT2D eigenvalue weighted by atomic mass is 16.5. The lowest BCUT2D eigenvalue weighted by Crippen LogP contribution is -2.38. The van der Waals surface area contributed by atoms with E-state index in [-0.39, 0.29) is 12.7 Å². The number of anilines is 1. The van der Waals surface area contributed by atoms with Gasteiger partial charge in [-0.25, -0.2) is 9.97 Å². The van der Waals surface area contributed by atoms with Crippen LogP contribution in [0.5, 0.6) is 0 Å². The van der Waals surface area contributed by atoms with Crippen LogP contribution in [0.25, 0.3) is 0 Å². The summed E-state index contributed by atoms with van der Waals surface area (Å²) in [6.07, 6.45) is 8.75.